The van der Waals surface area contributed by atoms with Gasteiger partial charge < -0.3 is 0 Å². The number of alkyl halides is 3. The third-order valence-corrected chi connectivity index (χ3v) is 2.89. The molecule has 20 heavy (non-hydrogen) atoms. The van der Waals surface area contributed by atoms with Gasteiger partial charge in [-0.15, -0.1) is 0 Å². The second-order valence-corrected chi connectivity index (χ2v) is 4.37. The van der Waals surface area contributed by atoms with Gasteiger partial charge in [-0.1, -0.05) is 12.1 Å². The highest BCUT2D eigenvalue weighted by molar-refractivity contribution is 6.09. The first kappa shape index (κ1) is 14.2. The summed E-state index contributed by atoms with van der Waals surface area (Å²) >= 11 is 0. The fourth-order valence-electron chi connectivity index (χ4n) is 1.87. The Morgan fingerprint density at radius 2 is 1.75 bits per heavy atom. The zero-order chi connectivity index (χ0) is 14.9. The van der Waals surface area contributed by atoms with Crippen LogP contribution in [0.4, 0.5) is 17.6 Å². The molecule has 0 heterocycles. The molecule has 0 aromatic heterocycles. The maximum Gasteiger partial charge on any atom is 0.416 e. The first-order chi connectivity index (χ1) is 9.29. The summed E-state index contributed by atoms with van der Waals surface area (Å²) in [5, 5.41) is 0. The van der Waals surface area contributed by atoms with Crippen molar-refractivity contribution < 1.29 is 22.4 Å². The number of hydrogen-bond acceptors (Lipinski definition) is 1. The van der Waals surface area contributed by atoms with E-state index in [4.69, 9.17) is 0 Å². The number of carbonyl (C=O) groups excluding carboxylic acids is 1. The summed E-state index contributed by atoms with van der Waals surface area (Å²) in [6.07, 6.45) is -4.51. The highest BCUT2D eigenvalue weighted by Gasteiger charge is 2.31. The first-order valence-electron chi connectivity index (χ1n) is 5.77. The van der Waals surface area contributed by atoms with Crippen LogP contribution in [-0.4, -0.2) is 5.78 Å². The largest absolute Gasteiger partial charge is 0.416 e. The number of ketones is 1. The van der Waals surface area contributed by atoms with Gasteiger partial charge >= 0.3 is 6.18 Å². The van der Waals surface area contributed by atoms with E-state index in [9.17, 15) is 22.4 Å². The van der Waals surface area contributed by atoms with Crippen molar-refractivity contribution in [3.05, 3.63) is 70.5 Å². The lowest BCUT2D eigenvalue weighted by Crippen LogP contribution is -2.09. The first-order valence-corrected chi connectivity index (χ1v) is 5.77. The van der Waals surface area contributed by atoms with Gasteiger partial charge in [0.2, 0.25) is 0 Å². The molecule has 0 N–H and O–H groups in total. The van der Waals surface area contributed by atoms with Gasteiger partial charge in [0.05, 0.1) is 5.56 Å². The van der Waals surface area contributed by atoms with Crippen molar-refractivity contribution in [3.8, 4) is 0 Å². The van der Waals surface area contributed by atoms with Gasteiger partial charge in [-0.05, 0) is 42.8 Å². The van der Waals surface area contributed by atoms with E-state index in [0.717, 1.165) is 18.2 Å². The molecule has 0 radical (unpaired) electrons. The van der Waals surface area contributed by atoms with Crippen molar-refractivity contribution in [2.75, 3.05) is 0 Å². The molecule has 0 aliphatic rings. The number of hydrogen-bond donors (Lipinski definition) is 0. The lowest BCUT2D eigenvalue weighted by Gasteiger charge is -2.09. The Morgan fingerprint density at radius 1 is 1.05 bits per heavy atom. The summed E-state index contributed by atoms with van der Waals surface area (Å²) in [7, 11) is 0. The fraction of sp³-hybridized carbons (Fsp3) is 0.133. The maximum absolute atomic E-state index is 13.0. The summed E-state index contributed by atoms with van der Waals surface area (Å²) < 4.78 is 50.8. The third kappa shape index (κ3) is 2.87. The van der Waals surface area contributed by atoms with Crippen LogP contribution < -0.4 is 0 Å². The van der Waals surface area contributed by atoms with Crippen LogP contribution in [0.25, 0.3) is 0 Å². The predicted octanol–water partition coefficient (Wildman–Crippen LogP) is 4.38. The Balaban J connectivity index is 2.44. The fourth-order valence-corrected chi connectivity index (χ4v) is 1.87. The number of halogens is 4. The van der Waals surface area contributed by atoms with E-state index in [2.05, 4.69) is 0 Å². The lowest BCUT2D eigenvalue weighted by molar-refractivity contribution is -0.137. The van der Waals surface area contributed by atoms with Crippen molar-refractivity contribution in [2.45, 2.75) is 13.1 Å². The van der Waals surface area contributed by atoms with Gasteiger partial charge in [-0.25, -0.2) is 4.39 Å². The van der Waals surface area contributed by atoms with Crippen LogP contribution in [0.1, 0.15) is 27.0 Å². The minimum atomic E-state index is -4.51. The SMILES string of the molecule is Cc1cc(F)ccc1C(=O)c1cccc(C(F)(F)F)c1. The normalized spacial score (nSPS) is 11.4. The lowest BCUT2D eigenvalue weighted by atomic mass is 9.98. The molecule has 0 saturated heterocycles. The minimum Gasteiger partial charge on any atom is -0.289 e. The van der Waals surface area contributed by atoms with Crippen LogP contribution in [-0.2, 0) is 6.18 Å². The quantitative estimate of drug-likeness (QED) is 0.590. The number of rotatable bonds is 2. The van der Waals surface area contributed by atoms with E-state index in [-0.39, 0.29) is 11.1 Å². The molecule has 0 fully saturated rings. The van der Waals surface area contributed by atoms with Crippen LogP contribution in [0.3, 0.4) is 0 Å². The Kier molecular flexibility index (Phi) is 3.61. The van der Waals surface area contributed by atoms with Crippen molar-refractivity contribution in [1.82, 2.24) is 0 Å². The van der Waals surface area contributed by atoms with Gasteiger partial charge in [-0.3, -0.25) is 4.79 Å². The van der Waals surface area contributed by atoms with Gasteiger partial charge in [0, 0.05) is 11.1 Å². The maximum atomic E-state index is 13.0. The molecular formula is C15H10F4O. The topological polar surface area (TPSA) is 17.1 Å². The summed E-state index contributed by atoms with van der Waals surface area (Å²) in [6, 6.07) is 7.72. The molecule has 0 saturated carbocycles. The Morgan fingerprint density at radius 3 is 2.35 bits per heavy atom. The number of carbonyl (C=O) groups is 1. The Bertz CT molecular complexity index is 659. The van der Waals surface area contributed by atoms with E-state index in [1.54, 1.807) is 0 Å². The summed E-state index contributed by atoms with van der Waals surface area (Å²) in [6.45, 7) is 1.53. The monoisotopic (exact) mass is 282 g/mol. The second-order valence-electron chi connectivity index (χ2n) is 4.37. The highest BCUT2D eigenvalue weighted by Crippen LogP contribution is 2.30. The molecule has 104 valence electrons. The van der Waals surface area contributed by atoms with E-state index in [0.29, 0.717) is 5.56 Å². The summed E-state index contributed by atoms with van der Waals surface area (Å²) in [5.74, 6) is -1.06. The zero-order valence-corrected chi connectivity index (χ0v) is 10.5. The molecule has 0 bridgehead atoms. The van der Waals surface area contributed by atoms with Gasteiger partial charge in [0.15, 0.2) is 5.78 Å². The van der Waals surface area contributed by atoms with Gasteiger partial charge in [0.25, 0.3) is 0 Å². The van der Waals surface area contributed by atoms with Crippen molar-refractivity contribution in [2.24, 2.45) is 0 Å². The van der Waals surface area contributed by atoms with E-state index < -0.39 is 23.3 Å². The van der Waals surface area contributed by atoms with Crippen molar-refractivity contribution >= 4 is 5.78 Å². The Hall–Kier alpha value is -2.17. The zero-order valence-electron chi connectivity index (χ0n) is 10.5. The van der Waals surface area contributed by atoms with E-state index >= 15 is 0 Å². The smallest absolute Gasteiger partial charge is 0.289 e. The summed E-state index contributed by atoms with van der Waals surface area (Å²) in [5.41, 5.74) is -0.393. The van der Waals surface area contributed by atoms with Crippen LogP contribution in [0.15, 0.2) is 42.5 Å². The molecule has 5 heteroatoms. The molecule has 0 aliphatic carbocycles. The molecular weight excluding hydrogens is 272 g/mol. The average molecular weight is 282 g/mol. The minimum absolute atomic E-state index is 0.0745. The molecule has 0 spiro atoms. The molecule has 0 aliphatic heterocycles. The third-order valence-electron chi connectivity index (χ3n) is 2.89. The molecule has 2 rings (SSSR count). The second kappa shape index (κ2) is 5.07. The predicted molar refractivity (Wildman–Crippen MR) is 66.0 cm³/mol. The number of benzene rings is 2. The Labute approximate surface area is 112 Å². The number of aryl methyl sites for hydroxylation is 1. The molecule has 1 nitrogen and oxygen atoms in total. The highest BCUT2D eigenvalue weighted by atomic mass is 19.4. The molecule has 0 unspecified atom stereocenters. The standard InChI is InChI=1S/C15H10F4O/c1-9-7-12(16)5-6-13(9)14(20)10-3-2-4-11(8-10)15(17,18)19/h2-8H,1H3. The molecule has 2 aromatic rings. The van der Waals surface area contributed by atoms with Crippen molar-refractivity contribution in [1.29, 1.82) is 0 Å². The summed E-state index contributed by atoms with van der Waals surface area (Å²) in [4.78, 5) is 12.2. The molecule has 0 amide bonds. The van der Waals surface area contributed by atoms with Crippen LogP contribution in [0.2, 0.25) is 0 Å². The van der Waals surface area contributed by atoms with Crippen LogP contribution >= 0.6 is 0 Å². The molecule has 0 atom stereocenters. The van der Waals surface area contributed by atoms with Gasteiger partial charge in [-0.2, -0.15) is 13.2 Å². The van der Waals surface area contributed by atoms with Crippen molar-refractivity contribution in [3.63, 3.8) is 0 Å². The molecule has 2 aromatic carbocycles. The average Bonchev–Trinajstić information content (AvgIpc) is 2.37. The van der Waals surface area contributed by atoms with Gasteiger partial charge in [0.1, 0.15) is 5.82 Å². The van der Waals surface area contributed by atoms with Crippen LogP contribution in [0, 0.1) is 12.7 Å². The van der Waals surface area contributed by atoms with Crippen LogP contribution in [0.5, 0.6) is 0 Å². The van der Waals surface area contributed by atoms with E-state index in [1.165, 1.54) is 31.2 Å². The van der Waals surface area contributed by atoms with E-state index in [1.807, 2.05) is 0 Å².